The Labute approximate surface area is 189 Å². The lowest BCUT2D eigenvalue weighted by atomic mass is 9.89. The average molecular weight is 470 g/mol. The highest BCUT2D eigenvalue weighted by molar-refractivity contribution is 7.46. The van der Waals surface area contributed by atoms with Crippen molar-refractivity contribution in [1.29, 1.82) is 0 Å². The summed E-state index contributed by atoms with van der Waals surface area (Å²) >= 11 is 0. The maximum absolute atomic E-state index is 11.5. The van der Waals surface area contributed by atoms with Crippen LogP contribution in [0.3, 0.4) is 0 Å². The first-order valence-corrected chi connectivity index (χ1v) is 12.6. The number of aliphatic hydroxyl groups excluding tert-OH is 1. The minimum atomic E-state index is -4.94. The first kappa shape index (κ1) is 26.7. The van der Waals surface area contributed by atoms with Crippen molar-refractivity contribution in [2.75, 3.05) is 0 Å². The first-order chi connectivity index (χ1) is 15.0. The molecule has 4 N–H and O–H groups in total. The van der Waals surface area contributed by atoms with E-state index in [9.17, 15) is 29.4 Å². The van der Waals surface area contributed by atoms with Crippen LogP contribution in [-0.2, 0) is 18.6 Å². The minimum absolute atomic E-state index is 0.134. The van der Waals surface area contributed by atoms with E-state index in [1.54, 1.807) is 12.2 Å². The lowest BCUT2D eigenvalue weighted by molar-refractivity contribution is -0.143. The third kappa shape index (κ3) is 9.53. The molecule has 0 spiro atoms. The van der Waals surface area contributed by atoms with Crippen LogP contribution >= 0.6 is 7.82 Å². The number of ether oxygens (including phenoxy) is 1. The van der Waals surface area contributed by atoms with Crippen LogP contribution in [0.1, 0.15) is 52.4 Å². The molecule has 8 nitrogen and oxygen atoms in total. The van der Waals surface area contributed by atoms with Gasteiger partial charge in [-0.2, -0.15) is 0 Å². The van der Waals surface area contributed by atoms with Crippen LogP contribution < -0.4 is 0 Å². The Hall–Kier alpha value is -1.54. The van der Waals surface area contributed by atoms with Gasteiger partial charge in [0.1, 0.15) is 17.8 Å². The van der Waals surface area contributed by atoms with E-state index in [1.807, 2.05) is 13.0 Å². The molecule has 1 heterocycles. The van der Waals surface area contributed by atoms with E-state index in [0.29, 0.717) is 5.92 Å². The van der Waals surface area contributed by atoms with Crippen molar-refractivity contribution in [2.24, 2.45) is 11.8 Å². The van der Waals surface area contributed by atoms with E-state index in [2.05, 4.69) is 6.08 Å². The molecule has 5 atom stereocenters. The van der Waals surface area contributed by atoms with Crippen molar-refractivity contribution in [3.63, 3.8) is 0 Å². The summed E-state index contributed by atoms with van der Waals surface area (Å²) in [6.07, 6.45) is 15.5. The number of phosphoric ester groups is 1. The molecule has 1 saturated carbocycles. The molecular weight excluding hydrogens is 435 g/mol. The van der Waals surface area contributed by atoms with Crippen LogP contribution in [0.2, 0.25) is 0 Å². The van der Waals surface area contributed by atoms with Crippen molar-refractivity contribution in [1.82, 2.24) is 0 Å². The molecule has 0 radical (unpaired) electrons. The Morgan fingerprint density at radius 1 is 1.25 bits per heavy atom. The third-order valence-electron chi connectivity index (χ3n) is 5.78. The zero-order valence-electron chi connectivity index (χ0n) is 18.6. The maximum Gasteiger partial charge on any atom is 0.469 e. The number of carbonyl (C=O) groups excluding carboxylic acids is 1. The van der Waals surface area contributed by atoms with E-state index in [1.165, 1.54) is 50.5 Å². The second kappa shape index (κ2) is 12.1. The molecule has 0 aromatic rings. The van der Waals surface area contributed by atoms with Gasteiger partial charge in [0.25, 0.3) is 0 Å². The van der Waals surface area contributed by atoms with Crippen LogP contribution in [0.15, 0.2) is 48.6 Å². The molecule has 1 aliphatic heterocycles. The maximum atomic E-state index is 11.5. The van der Waals surface area contributed by atoms with Gasteiger partial charge in [0.05, 0.1) is 6.10 Å². The molecule has 1 fully saturated rings. The number of cyclic esters (lactones) is 1. The lowest BCUT2D eigenvalue weighted by Crippen LogP contribution is -2.41. The van der Waals surface area contributed by atoms with E-state index < -0.39 is 37.7 Å². The number of hydrogen-bond acceptors (Lipinski definition) is 6. The largest absolute Gasteiger partial charge is 0.469 e. The highest BCUT2D eigenvalue weighted by Gasteiger charge is 2.37. The summed E-state index contributed by atoms with van der Waals surface area (Å²) in [5.74, 6) is -0.110. The second-order valence-corrected chi connectivity index (χ2v) is 9.95. The van der Waals surface area contributed by atoms with E-state index in [0.717, 1.165) is 12.8 Å². The number of allylic oxidation sites excluding steroid dienone is 3. The van der Waals surface area contributed by atoms with Gasteiger partial charge in [-0.15, -0.1) is 0 Å². The van der Waals surface area contributed by atoms with Crippen molar-refractivity contribution < 1.29 is 38.6 Å². The fourth-order valence-corrected chi connectivity index (χ4v) is 4.46. The molecule has 0 amide bonds. The normalized spacial score (nSPS) is 27.1. The highest BCUT2D eigenvalue weighted by Crippen LogP contribution is 2.41. The van der Waals surface area contributed by atoms with Crippen LogP contribution in [0.25, 0.3) is 0 Å². The quantitative estimate of drug-likeness (QED) is 0.165. The fourth-order valence-electron chi connectivity index (χ4n) is 3.82. The minimum Gasteiger partial charge on any atom is -0.454 e. The molecule has 180 valence electrons. The third-order valence-corrected chi connectivity index (χ3v) is 6.31. The molecule has 9 heteroatoms. The summed E-state index contributed by atoms with van der Waals surface area (Å²) in [7, 11) is -4.94. The summed E-state index contributed by atoms with van der Waals surface area (Å²) in [5.41, 5.74) is -1.85. The second-order valence-electron chi connectivity index (χ2n) is 8.76. The van der Waals surface area contributed by atoms with Crippen molar-refractivity contribution >= 4 is 13.8 Å². The summed E-state index contributed by atoms with van der Waals surface area (Å²) < 4.78 is 21.4. The molecule has 2 rings (SSSR count). The van der Waals surface area contributed by atoms with Crippen LogP contribution in [0.5, 0.6) is 0 Å². The van der Waals surface area contributed by atoms with Gasteiger partial charge >= 0.3 is 13.8 Å². The molecule has 0 aromatic carbocycles. The molecule has 1 aliphatic carbocycles. The lowest BCUT2D eigenvalue weighted by Gasteiger charge is -2.32. The van der Waals surface area contributed by atoms with Gasteiger partial charge in [-0.05, 0) is 31.8 Å². The van der Waals surface area contributed by atoms with E-state index >= 15 is 0 Å². The van der Waals surface area contributed by atoms with Crippen LogP contribution in [0.4, 0.5) is 0 Å². The molecule has 0 bridgehead atoms. The summed E-state index contributed by atoms with van der Waals surface area (Å²) in [6, 6.07) is 0. The molecule has 32 heavy (non-hydrogen) atoms. The van der Waals surface area contributed by atoms with Crippen molar-refractivity contribution in [2.45, 2.75) is 76.3 Å². The average Bonchev–Trinajstić information content (AvgIpc) is 2.71. The monoisotopic (exact) mass is 470 g/mol. The first-order valence-electron chi connectivity index (χ1n) is 11.0. The smallest absolute Gasteiger partial charge is 0.454 e. The Bertz CT molecular complexity index is 773. The molecule has 0 saturated heterocycles. The van der Waals surface area contributed by atoms with Crippen molar-refractivity contribution in [3.05, 3.63) is 48.6 Å². The Morgan fingerprint density at radius 2 is 1.94 bits per heavy atom. The molecule has 2 aliphatic rings. The van der Waals surface area contributed by atoms with Gasteiger partial charge in [-0.1, -0.05) is 62.6 Å². The van der Waals surface area contributed by atoms with Gasteiger partial charge in [0.2, 0.25) is 0 Å². The predicted octanol–water partition coefficient (Wildman–Crippen LogP) is 3.33. The summed E-state index contributed by atoms with van der Waals surface area (Å²) in [4.78, 5) is 30.0. The molecular formula is C23H35O8P. The van der Waals surface area contributed by atoms with Gasteiger partial charge in [-0.25, -0.2) is 9.36 Å². The van der Waals surface area contributed by atoms with Crippen LogP contribution in [0, 0.1) is 11.8 Å². The van der Waals surface area contributed by atoms with Gasteiger partial charge < -0.3 is 24.7 Å². The van der Waals surface area contributed by atoms with Gasteiger partial charge in [0, 0.05) is 18.4 Å². The SMILES string of the molecule is CC1C=CC(=O)OC1C=CC(C)(O)C(CC(O)C=CC=CC1CCCCC1)OP(=O)(O)O. The fraction of sp³-hybridized carbons (Fsp3) is 0.609. The Kier molecular flexibility index (Phi) is 10.1. The standard InChI is InChI=1S/C23H35O8P/c1-17-12-13-22(25)30-20(17)14-15-23(2,26)21(31-32(27,28)29)16-19(24)11-7-6-10-18-8-4-3-5-9-18/h6-7,10-15,17-21,24,26H,3-5,8-9,16H2,1-2H3,(H2,27,28,29). The Morgan fingerprint density at radius 3 is 2.59 bits per heavy atom. The van der Waals surface area contributed by atoms with Crippen LogP contribution in [-0.4, -0.2) is 49.9 Å². The highest BCUT2D eigenvalue weighted by atomic mass is 31.2. The van der Waals surface area contributed by atoms with E-state index in [-0.39, 0.29) is 12.3 Å². The number of rotatable bonds is 10. The summed E-state index contributed by atoms with van der Waals surface area (Å²) in [6.45, 7) is 3.14. The zero-order chi connectivity index (χ0) is 23.8. The number of phosphoric acid groups is 1. The van der Waals surface area contributed by atoms with Crippen molar-refractivity contribution in [3.8, 4) is 0 Å². The number of esters is 1. The number of hydrogen-bond donors (Lipinski definition) is 4. The van der Waals surface area contributed by atoms with Gasteiger partial charge in [-0.3, -0.25) is 4.52 Å². The Balaban J connectivity index is 2.03. The molecule has 5 unspecified atom stereocenters. The predicted molar refractivity (Wildman–Crippen MR) is 120 cm³/mol. The number of aliphatic hydroxyl groups is 2. The zero-order valence-corrected chi connectivity index (χ0v) is 19.5. The topological polar surface area (TPSA) is 134 Å². The van der Waals surface area contributed by atoms with E-state index in [4.69, 9.17) is 9.26 Å². The van der Waals surface area contributed by atoms with Gasteiger partial charge in [0.15, 0.2) is 0 Å². The summed E-state index contributed by atoms with van der Waals surface area (Å²) in [5, 5.41) is 21.2. The molecule has 0 aromatic heterocycles. The number of carbonyl (C=O) groups is 1.